The molecule has 2 aromatic heterocycles. The number of benzene rings is 2. The normalized spacial score (nSPS) is 10.6. The Morgan fingerprint density at radius 2 is 1.75 bits per heavy atom. The molecule has 4 rings (SSSR count). The van der Waals surface area contributed by atoms with Crippen LogP contribution in [0.3, 0.4) is 0 Å². The lowest BCUT2D eigenvalue weighted by molar-refractivity contribution is -0.119. The second-order valence-corrected chi connectivity index (χ2v) is 7.28. The Hall–Kier alpha value is -4.31. The van der Waals surface area contributed by atoms with Crippen LogP contribution in [-0.4, -0.2) is 27.2 Å². The minimum Gasteiger partial charge on any atom is -0.310 e. The van der Waals surface area contributed by atoms with Gasteiger partial charge in [-0.1, -0.05) is 42.5 Å². The van der Waals surface area contributed by atoms with E-state index in [9.17, 15) is 9.59 Å². The van der Waals surface area contributed by atoms with Crippen molar-refractivity contribution in [2.45, 2.75) is 19.4 Å². The average molecular weight is 423 g/mol. The zero-order chi connectivity index (χ0) is 22.3. The highest BCUT2D eigenvalue weighted by atomic mass is 16.2. The predicted molar refractivity (Wildman–Crippen MR) is 122 cm³/mol. The molecule has 0 aliphatic rings. The van der Waals surface area contributed by atoms with Crippen LogP contribution in [0.1, 0.15) is 17.7 Å². The number of aromatic nitrogens is 3. The van der Waals surface area contributed by atoms with Gasteiger partial charge in [-0.25, -0.2) is 4.68 Å². The van der Waals surface area contributed by atoms with Gasteiger partial charge >= 0.3 is 0 Å². The summed E-state index contributed by atoms with van der Waals surface area (Å²) < 4.78 is 1.22. The van der Waals surface area contributed by atoms with Gasteiger partial charge in [0.25, 0.3) is 5.56 Å². The Kier molecular flexibility index (Phi) is 6.33. The fourth-order valence-electron chi connectivity index (χ4n) is 3.62. The molecule has 0 saturated heterocycles. The molecule has 0 fully saturated rings. The number of hydrogen-bond acceptors (Lipinski definition) is 5. The standard InChI is InChI=1S/C25H21N5O2/c26-13-7-15-29(20-9-2-1-3-10-20)24(31)18-30-25(32)22-12-5-4-11-21(22)23(28-30)16-19-8-6-14-27-17-19/h1-6,8-12,14,17H,7,15-16,18H2. The fourth-order valence-corrected chi connectivity index (χ4v) is 3.62. The van der Waals surface area contributed by atoms with Crippen LogP contribution in [0.4, 0.5) is 5.69 Å². The van der Waals surface area contributed by atoms with E-state index < -0.39 is 0 Å². The molecule has 0 saturated carbocycles. The minimum absolute atomic E-state index is 0.187. The van der Waals surface area contributed by atoms with Crippen LogP contribution in [0.5, 0.6) is 0 Å². The predicted octanol–water partition coefficient (Wildman–Crippen LogP) is 3.33. The van der Waals surface area contributed by atoms with Crippen molar-refractivity contribution in [3.63, 3.8) is 0 Å². The van der Waals surface area contributed by atoms with E-state index in [4.69, 9.17) is 5.26 Å². The molecule has 4 aromatic rings. The Morgan fingerprint density at radius 1 is 1.00 bits per heavy atom. The molecule has 0 spiro atoms. The van der Waals surface area contributed by atoms with Crippen LogP contribution in [-0.2, 0) is 17.8 Å². The van der Waals surface area contributed by atoms with Gasteiger partial charge in [0, 0.05) is 36.4 Å². The maximum Gasteiger partial charge on any atom is 0.275 e. The highest BCUT2D eigenvalue weighted by Gasteiger charge is 2.19. The van der Waals surface area contributed by atoms with Crippen molar-refractivity contribution >= 4 is 22.4 Å². The summed E-state index contributed by atoms with van der Waals surface area (Å²) in [6, 6.07) is 22.3. The highest BCUT2D eigenvalue weighted by molar-refractivity contribution is 5.93. The Morgan fingerprint density at radius 3 is 2.47 bits per heavy atom. The lowest BCUT2D eigenvalue weighted by Gasteiger charge is -2.22. The first-order valence-corrected chi connectivity index (χ1v) is 10.3. The summed E-state index contributed by atoms with van der Waals surface area (Å²) in [7, 11) is 0. The first-order chi connectivity index (χ1) is 15.7. The summed E-state index contributed by atoms with van der Waals surface area (Å²) in [4.78, 5) is 32.0. The van der Waals surface area contributed by atoms with E-state index in [1.54, 1.807) is 36.7 Å². The topological polar surface area (TPSA) is 91.9 Å². The molecule has 0 aliphatic heterocycles. The van der Waals surface area contributed by atoms with Crippen LogP contribution in [0, 0.1) is 11.3 Å². The van der Waals surface area contributed by atoms with Crippen molar-refractivity contribution in [1.29, 1.82) is 5.26 Å². The van der Waals surface area contributed by atoms with Gasteiger partial charge in [-0.05, 0) is 29.8 Å². The molecule has 2 heterocycles. The first kappa shape index (κ1) is 20.9. The molecular weight excluding hydrogens is 402 g/mol. The number of rotatable bonds is 7. The van der Waals surface area contributed by atoms with Crippen molar-refractivity contribution < 1.29 is 4.79 Å². The zero-order valence-electron chi connectivity index (χ0n) is 17.4. The molecule has 1 amide bonds. The van der Waals surface area contributed by atoms with Crippen molar-refractivity contribution in [1.82, 2.24) is 14.8 Å². The third kappa shape index (κ3) is 4.55. The van der Waals surface area contributed by atoms with Gasteiger partial charge in [0.1, 0.15) is 6.54 Å². The number of pyridine rings is 1. The second kappa shape index (κ2) is 9.67. The molecule has 0 aliphatic carbocycles. The Bertz CT molecular complexity index is 1330. The van der Waals surface area contributed by atoms with E-state index in [-0.39, 0.29) is 31.0 Å². The van der Waals surface area contributed by atoms with E-state index in [0.717, 1.165) is 10.9 Å². The highest BCUT2D eigenvalue weighted by Crippen LogP contribution is 2.18. The maximum absolute atomic E-state index is 13.2. The Labute approximate surface area is 185 Å². The van der Waals surface area contributed by atoms with Gasteiger partial charge in [0.05, 0.1) is 23.6 Å². The van der Waals surface area contributed by atoms with E-state index in [2.05, 4.69) is 16.2 Å². The molecule has 158 valence electrons. The number of nitriles is 1. The number of nitrogens with zero attached hydrogens (tertiary/aromatic N) is 5. The van der Waals surface area contributed by atoms with E-state index in [1.165, 1.54) is 9.58 Å². The van der Waals surface area contributed by atoms with Crippen molar-refractivity contribution in [2.24, 2.45) is 0 Å². The second-order valence-electron chi connectivity index (χ2n) is 7.28. The van der Waals surface area contributed by atoms with Crippen LogP contribution >= 0.6 is 0 Å². The largest absolute Gasteiger partial charge is 0.310 e. The van der Waals surface area contributed by atoms with Crippen LogP contribution in [0.2, 0.25) is 0 Å². The molecule has 2 aromatic carbocycles. The van der Waals surface area contributed by atoms with Gasteiger partial charge in [-0.15, -0.1) is 0 Å². The summed E-state index contributed by atoms with van der Waals surface area (Å²) in [6.07, 6.45) is 4.14. The number of hydrogen-bond donors (Lipinski definition) is 0. The number of carbonyl (C=O) groups excluding carboxylic acids is 1. The van der Waals surface area contributed by atoms with Gasteiger partial charge in [-0.3, -0.25) is 14.6 Å². The van der Waals surface area contributed by atoms with Crippen molar-refractivity contribution in [2.75, 3.05) is 11.4 Å². The fraction of sp³-hybridized carbons (Fsp3) is 0.160. The molecular formula is C25H21N5O2. The Balaban J connectivity index is 1.72. The lowest BCUT2D eigenvalue weighted by Crippen LogP contribution is -2.38. The molecule has 7 heteroatoms. The SMILES string of the molecule is N#CCCN(C(=O)Cn1nc(Cc2cccnc2)c2ccccc2c1=O)c1ccccc1. The molecule has 0 unspecified atom stereocenters. The summed E-state index contributed by atoms with van der Waals surface area (Å²) in [5.74, 6) is -0.302. The molecule has 0 N–H and O–H groups in total. The molecule has 0 atom stereocenters. The third-order valence-corrected chi connectivity index (χ3v) is 5.14. The monoisotopic (exact) mass is 423 g/mol. The maximum atomic E-state index is 13.2. The number of carbonyl (C=O) groups is 1. The van der Waals surface area contributed by atoms with Crippen LogP contribution in [0.25, 0.3) is 10.8 Å². The number of amides is 1. The van der Waals surface area contributed by atoms with Crippen LogP contribution in [0.15, 0.2) is 83.9 Å². The van der Waals surface area contributed by atoms with Crippen molar-refractivity contribution in [3.8, 4) is 6.07 Å². The average Bonchev–Trinajstić information content (AvgIpc) is 2.83. The summed E-state index contributed by atoms with van der Waals surface area (Å²) in [5, 5.41) is 14.8. The molecule has 7 nitrogen and oxygen atoms in total. The lowest BCUT2D eigenvalue weighted by atomic mass is 10.1. The molecule has 32 heavy (non-hydrogen) atoms. The smallest absolute Gasteiger partial charge is 0.275 e. The van der Waals surface area contributed by atoms with Gasteiger partial charge in [0.2, 0.25) is 5.91 Å². The molecule has 0 radical (unpaired) electrons. The van der Waals surface area contributed by atoms with Gasteiger partial charge in [-0.2, -0.15) is 10.4 Å². The number of anilines is 1. The van der Waals surface area contributed by atoms with E-state index in [1.807, 2.05) is 42.5 Å². The summed E-state index contributed by atoms with van der Waals surface area (Å²) >= 11 is 0. The summed E-state index contributed by atoms with van der Waals surface area (Å²) in [5.41, 5.74) is 2.01. The number of fused-ring (bicyclic) bond motifs is 1. The summed E-state index contributed by atoms with van der Waals surface area (Å²) in [6.45, 7) is 0.0221. The van der Waals surface area contributed by atoms with Gasteiger partial charge in [0.15, 0.2) is 0 Å². The molecule has 0 bridgehead atoms. The minimum atomic E-state index is -0.322. The quantitative estimate of drug-likeness (QED) is 0.455. The van der Waals surface area contributed by atoms with Crippen LogP contribution < -0.4 is 10.5 Å². The number of para-hydroxylation sites is 1. The van der Waals surface area contributed by atoms with Gasteiger partial charge < -0.3 is 4.90 Å². The zero-order valence-corrected chi connectivity index (χ0v) is 17.4. The third-order valence-electron chi connectivity index (χ3n) is 5.14. The van der Waals surface area contributed by atoms with Crippen molar-refractivity contribution in [3.05, 3.63) is 101 Å². The van der Waals surface area contributed by atoms with E-state index >= 15 is 0 Å². The van der Waals surface area contributed by atoms with E-state index in [0.29, 0.717) is 23.2 Å². The first-order valence-electron chi connectivity index (χ1n) is 10.3.